The van der Waals surface area contributed by atoms with Crippen LogP contribution in [0.2, 0.25) is 0 Å². The summed E-state index contributed by atoms with van der Waals surface area (Å²) in [6.45, 7) is 8.21. The molecule has 6 heteroatoms. The highest BCUT2D eigenvalue weighted by molar-refractivity contribution is 5.75. The second-order valence-electron chi connectivity index (χ2n) is 7.81. The number of amides is 1. The molecule has 0 bridgehead atoms. The highest BCUT2D eigenvalue weighted by Crippen LogP contribution is 2.16. The largest absolute Gasteiger partial charge is 0.354 e. The maximum absolute atomic E-state index is 12.2. The number of benzene rings is 1. The number of carbonyl (C=O) groups excluding carboxylic acids is 1. The molecule has 0 atom stereocenters. The molecular weight excluding hydrogens is 352 g/mol. The van der Waals surface area contributed by atoms with Gasteiger partial charge < -0.3 is 10.2 Å². The van der Waals surface area contributed by atoms with Gasteiger partial charge >= 0.3 is 0 Å². The normalized spacial score (nSPS) is 15.5. The van der Waals surface area contributed by atoms with E-state index >= 15 is 0 Å². The molecule has 1 amide bonds. The fourth-order valence-electron chi connectivity index (χ4n) is 3.45. The summed E-state index contributed by atoms with van der Waals surface area (Å²) in [7, 11) is 0. The molecule has 0 unspecified atom stereocenters. The van der Waals surface area contributed by atoms with Crippen molar-refractivity contribution in [2.24, 2.45) is 5.92 Å². The van der Waals surface area contributed by atoms with E-state index < -0.39 is 0 Å². The predicted octanol–water partition coefficient (Wildman–Crippen LogP) is 2.46. The van der Waals surface area contributed by atoms with Crippen molar-refractivity contribution in [3.05, 3.63) is 52.3 Å². The van der Waals surface area contributed by atoms with Crippen molar-refractivity contribution in [2.75, 3.05) is 26.2 Å². The van der Waals surface area contributed by atoms with Gasteiger partial charge in [-0.25, -0.2) is 4.68 Å². The molecule has 1 N–H and O–H groups in total. The van der Waals surface area contributed by atoms with Gasteiger partial charge in [-0.1, -0.05) is 36.8 Å². The summed E-state index contributed by atoms with van der Waals surface area (Å²) in [5.74, 6) is 0.653. The number of aromatic nitrogens is 2. The van der Waals surface area contributed by atoms with Crippen LogP contribution in [0.4, 0.5) is 0 Å². The van der Waals surface area contributed by atoms with Gasteiger partial charge in [0.25, 0.3) is 5.56 Å². The van der Waals surface area contributed by atoms with Gasteiger partial charge in [-0.3, -0.25) is 9.59 Å². The molecule has 1 fully saturated rings. The third kappa shape index (κ3) is 5.76. The quantitative estimate of drug-likeness (QED) is 0.747. The first-order chi connectivity index (χ1) is 13.5. The fourth-order valence-corrected chi connectivity index (χ4v) is 3.45. The molecule has 2 heterocycles. The fraction of sp³-hybridized carbons (Fsp3) is 0.500. The van der Waals surface area contributed by atoms with Crippen molar-refractivity contribution in [1.29, 1.82) is 0 Å². The second kappa shape index (κ2) is 9.64. The molecule has 0 aliphatic carbocycles. The highest BCUT2D eigenvalue weighted by Gasteiger charge is 2.15. The predicted molar refractivity (Wildman–Crippen MR) is 111 cm³/mol. The minimum absolute atomic E-state index is 0.0558. The molecule has 150 valence electrons. The molecule has 1 aromatic carbocycles. The number of aryl methyl sites for hydroxylation is 1. The number of hydrogen-bond donors (Lipinski definition) is 1. The van der Waals surface area contributed by atoms with Crippen molar-refractivity contribution in [2.45, 2.75) is 39.7 Å². The summed E-state index contributed by atoms with van der Waals surface area (Å²) in [6.07, 6.45) is 3.45. The van der Waals surface area contributed by atoms with E-state index in [9.17, 15) is 9.59 Å². The SMILES string of the molecule is Cc1ccc(-c2ccc(=O)n(CC(=O)NCCCN3CCC(C)CC3)n2)cc1. The highest BCUT2D eigenvalue weighted by atomic mass is 16.2. The van der Waals surface area contributed by atoms with E-state index in [0.717, 1.165) is 43.1 Å². The van der Waals surface area contributed by atoms with Crippen molar-refractivity contribution in [1.82, 2.24) is 20.0 Å². The Morgan fingerprint density at radius 2 is 1.86 bits per heavy atom. The van der Waals surface area contributed by atoms with Gasteiger partial charge in [0.1, 0.15) is 6.54 Å². The van der Waals surface area contributed by atoms with E-state index in [1.165, 1.54) is 23.6 Å². The van der Waals surface area contributed by atoms with Crippen LogP contribution >= 0.6 is 0 Å². The van der Waals surface area contributed by atoms with E-state index in [0.29, 0.717) is 12.2 Å². The van der Waals surface area contributed by atoms with Crippen molar-refractivity contribution < 1.29 is 4.79 Å². The van der Waals surface area contributed by atoms with E-state index in [4.69, 9.17) is 0 Å². The monoisotopic (exact) mass is 382 g/mol. The Labute approximate surface area is 166 Å². The Bertz CT molecular complexity index is 836. The van der Waals surface area contributed by atoms with Crippen LogP contribution in [-0.2, 0) is 11.3 Å². The van der Waals surface area contributed by atoms with E-state index in [1.54, 1.807) is 6.07 Å². The number of rotatable bonds is 7. The lowest BCUT2D eigenvalue weighted by atomic mass is 9.99. The van der Waals surface area contributed by atoms with Crippen LogP contribution < -0.4 is 10.9 Å². The standard InChI is InChI=1S/C22H30N4O2/c1-17-4-6-19(7-5-17)20-8-9-22(28)26(24-20)16-21(27)23-12-3-13-25-14-10-18(2)11-15-25/h4-9,18H,3,10-16H2,1-2H3,(H,23,27). The zero-order valence-electron chi connectivity index (χ0n) is 16.9. The Kier molecular flexibility index (Phi) is 6.98. The van der Waals surface area contributed by atoms with E-state index in [1.807, 2.05) is 31.2 Å². The average molecular weight is 383 g/mol. The second-order valence-corrected chi connectivity index (χ2v) is 7.81. The van der Waals surface area contributed by atoms with Gasteiger partial charge in [0, 0.05) is 18.2 Å². The van der Waals surface area contributed by atoms with Crippen molar-refractivity contribution >= 4 is 5.91 Å². The number of nitrogens with one attached hydrogen (secondary N) is 1. The molecule has 2 aromatic rings. The van der Waals surface area contributed by atoms with Crippen LogP contribution in [0.1, 0.15) is 31.7 Å². The first-order valence-electron chi connectivity index (χ1n) is 10.2. The smallest absolute Gasteiger partial charge is 0.267 e. The maximum atomic E-state index is 12.2. The number of carbonyl (C=O) groups is 1. The van der Waals surface area contributed by atoms with Gasteiger partial charge in [0.2, 0.25) is 5.91 Å². The molecule has 28 heavy (non-hydrogen) atoms. The molecule has 1 aliphatic rings. The Hall–Kier alpha value is -2.47. The Balaban J connectivity index is 1.49. The molecule has 0 saturated carbocycles. The average Bonchev–Trinajstić information content (AvgIpc) is 2.69. The van der Waals surface area contributed by atoms with E-state index in [-0.39, 0.29) is 18.0 Å². The van der Waals surface area contributed by atoms with Crippen LogP contribution in [0.25, 0.3) is 11.3 Å². The van der Waals surface area contributed by atoms with Crippen LogP contribution in [-0.4, -0.2) is 46.8 Å². The van der Waals surface area contributed by atoms with Gasteiger partial charge in [0.05, 0.1) is 5.69 Å². The summed E-state index contributed by atoms with van der Waals surface area (Å²) in [6, 6.07) is 11.1. The van der Waals surface area contributed by atoms with Gasteiger partial charge in [0.15, 0.2) is 0 Å². The topological polar surface area (TPSA) is 67.2 Å². The first-order valence-corrected chi connectivity index (χ1v) is 10.2. The minimum atomic E-state index is -0.270. The molecule has 1 aromatic heterocycles. The zero-order valence-corrected chi connectivity index (χ0v) is 16.9. The number of likely N-dealkylation sites (tertiary alicyclic amines) is 1. The molecule has 0 radical (unpaired) electrons. The van der Waals surface area contributed by atoms with Gasteiger partial charge in [-0.15, -0.1) is 0 Å². The van der Waals surface area contributed by atoms with Gasteiger partial charge in [-0.2, -0.15) is 5.10 Å². The van der Waals surface area contributed by atoms with Crippen molar-refractivity contribution in [3.63, 3.8) is 0 Å². The summed E-state index contributed by atoms with van der Waals surface area (Å²) in [5, 5.41) is 7.26. The lowest BCUT2D eigenvalue weighted by Crippen LogP contribution is -2.37. The summed E-state index contributed by atoms with van der Waals surface area (Å²) in [5.41, 5.74) is 2.51. The minimum Gasteiger partial charge on any atom is -0.354 e. The van der Waals surface area contributed by atoms with Crippen LogP contribution in [0.5, 0.6) is 0 Å². The summed E-state index contributed by atoms with van der Waals surface area (Å²) < 4.78 is 1.23. The number of piperidine rings is 1. The van der Waals surface area contributed by atoms with Crippen LogP contribution in [0, 0.1) is 12.8 Å². The Morgan fingerprint density at radius 1 is 1.14 bits per heavy atom. The molecule has 1 saturated heterocycles. The van der Waals surface area contributed by atoms with Crippen LogP contribution in [0.15, 0.2) is 41.2 Å². The van der Waals surface area contributed by atoms with Crippen molar-refractivity contribution in [3.8, 4) is 11.3 Å². The lowest BCUT2D eigenvalue weighted by Gasteiger charge is -2.30. The first kappa shape index (κ1) is 20.3. The molecule has 3 rings (SSSR count). The summed E-state index contributed by atoms with van der Waals surface area (Å²) in [4.78, 5) is 26.8. The van der Waals surface area contributed by atoms with E-state index in [2.05, 4.69) is 22.2 Å². The third-order valence-electron chi connectivity index (χ3n) is 5.36. The molecule has 0 spiro atoms. The summed E-state index contributed by atoms with van der Waals surface area (Å²) >= 11 is 0. The maximum Gasteiger partial charge on any atom is 0.267 e. The zero-order chi connectivity index (χ0) is 19.9. The third-order valence-corrected chi connectivity index (χ3v) is 5.36. The lowest BCUT2D eigenvalue weighted by molar-refractivity contribution is -0.121. The molecular formula is C22H30N4O2. The van der Waals surface area contributed by atoms with Gasteiger partial charge in [-0.05, 0) is 57.8 Å². The number of nitrogens with zero attached hydrogens (tertiary/aromatic N) is 3. The molecule has 1 aliphatic heterocycles. The Morgan fingerprint density at radius 3 is 2.57 bits per heavy atom. The molecule has 6 nitrogen and oxygen atoms in total. The number of hydrogen-bond acceptors (Lipinski definition) is 4. The van der Waals surface area contributed by atoms with Crippen LogP contribution in [0.3, 0.4) is 0 Å².